The molecule has 0 N–H and O–H groups in total. The van der Waals surface area contributed by atoms with Gasteiger partial charge in [0.05, 0.1) is 0 Å². The van der Waals surface area contributed by atoms with Gasteiger partial charge in [0, 0.05) is 28.0 Å². The number of furan rings is 1. The van der Waals surface area contributed by atoms with Gasteiger partial charge >= 0.3 is 0 Å². The van der Waals surface area contributed by atoms with E-state index in [0.717, 1.165) is 50.5 Å². The molecule has 2 nitrogen and oxygen atoms in total. The van der Waals surface area contributed by atoms with E-state index in [1.807, 2.05) is 18.2 Å². The predicted molar refractivity (Wildman–Crippen MR) is 193 cm³/mol. The zero-order valence-corrected chi connectivity index (χ0v) is 25.3. The van der Waals surface area contributed by atoms with E-state index < -0.39 is 0 Å². The molecule has 0 aliphatic carbocycles. The molecule has 46 heavy (non-hydrogen) atoms. The molecule has 1 heterocycles. The molecule has 0 unspecified atom stereocenters. The molecular weight excluding hydrogens is 558 g/mol. The topological polar surface area (TPSA) is 16.4 Å². The van der Waals surface area contributed by atoms with E-state index in [9.17, 15) is 0 Å². The van der Waals surface area contributed by atoms with Crippen LogP contribution < -0.4 is 4.90 Å². The summed E-state index contributed by atoms with van der Waals surface area (Å²) in [5.41, 5.74) is 12.4. The first-order valence-electron chi connectivity index (χ1n) is 15.6. The van der Waals surface area contributed by atoms with Gasteiger partial charge in [-0.2, -0.15) is 0 Å². The number of fused-ring (bicyclic) bond motifs is 1. The second kappa shape index (κ2) is 12.1. The molecule has 0 saturated carbocycles. The molecule has 0 saturated heterocycles. The first-order valence-corrected chi connectivity index (χ1v) is 15.6. The second-order valence-electron chi connectivity index (χ2n) is 11.4. The molecule has 0 aliphatic heterocycles. The van der Waals surface area contributed by atoms with Gasteiger partial charge in [-0.25, -0.2) is 0 Å². The van der Waals surface area contributed by atoms with Crippen molar-refractivity contribution in [3.8, 4) is 44.7 Å². The summed E-state index contributed by atoms with van der Waals surface area (Å²) in [7, 11) is 0. The van der Waals surface area contributed by atoms with Crippen molar-refractivity contribution < 1.29 is 4.42 Å². The smallest absolute Gasteiger partial charge is 0.135 e. The van der Waals surface area contributed by atoms with Crippen molar-refractivity contribution in [2.75, 3.05) is 4.90 Å². The molecule has 8 rings (SSSR count). The van der Waals surface area contributed by atoms with Crippen molar-refractivity contribution in [2.45, 2.75) is 0 Å². The number of benzene rings is 7. The summed E-state index contributed by atoms with van der Waals surface area (Å²) >= 11 is 0. The quantitative estimate of drug-likeness (QED) is 0.184. The molecule has 0 aliphatic rings. The van der Waals surface area contributed by atoms with Crippen LogP contribution in [-0.4, -0.2) is 0 Å². The molecule has 0 fully saturated rings. The third-order valence-corrected chi connectivity index (χ3v) is 8.50. The zero-order valence-electron chi connectivity index (χ0n) is 25.3. The van der Waals surface area contributed by atoms with Gasteiger partial charge in [0.25, 0.3) is 0 Å². The number of hydrogen-bond acceptors (Lipinski definition) is 2. The minimum Gasteiger partial charge on any atom is -0.456 e. The van der Waals surface area contributed by atoms with E-state index in [1.165, 1.54) is 22.3 Å². The van der Waals surface area contributed by atoms with Crippen LogP contribution in [0.5, 0.6) is 0 Å². The van der Waals surface area contributed by atoms with Crippen molar-refractivity contribution in [1.29, 1.82) is 0 Å². The Morgan fingerprint density at radius 2 is 0.717 bits per heavy atom. The average Bonchev–Trinajstić information content (AvgIpc) is 3.58. The van der Waals surface area contributed by atoms with Gasteiger partial charge < -0.3 is 9.32 Å². The Labute approximate surface area is 269 Å². The highest BCUT2D eigenvalue weighted by Crippen LogP contribution is 2.38. The van der Waals surface area contributed by atoms with E-state index in [2.05, 4.69) is 175 Å². The molecule has 7 aromatic carbocycles. The fourth-order valence-electron chi connectivity index (χ4n) is 6.09. The molecule has 1 aromatic heterocycles. The summed E-state index contributed by atoms with van der Waals surface area (Å²) in [4.78, 5) is 2.32. The Balaban J connectivity index is 1.14. The van der Waals surface area contributed by atoms with E-state index in [1.54, 1.807) is 0 Å². The summed E-state index contributed by atoms with van der Waals surface area (Å²) in [6.45, 7) is 0. The molecule has 2 heteroatoms. The second-order valence-corrected chi connectivity index (χ2v) is 11.4. The van der Waals surface area contributed by atoms with Crippen LogP contribution in [-0.2, 0) is 0 Å². The van der Waals surface area contributed by atoms with Crippen molar-refractivity contribution in [3.05, 3.63) is 188 Å². The zero-order chi connectivity index (χ0) is 30.7. The van der Waals surface area contributed by atoms with Crippen LogP contribution in [0.2, 0.25) is 0 Å². The summed E-state index contributed by atoms with van der Waals surface area (Å²) < 4.78 is 6.16. The van der Waals surface area contributed by atoms with Crippen LogP contribution in [0, 0.1) is 0 Å². The van der Waals surface area contributed by atoms with Crippen LogP contribution in [0.4, 0.5) is 17.1 Å². The highest BCUT2D eigenvalue weighted by molar-refractivity contribution is 5.85. The largest absolute Gasteiger partial charge is 0.456 e. The molecule has 0 radical (unpaired) electrons. The Bertz CT molecular complexity index is 2100. The fourth-order valence-corrected chi connectivity index (χ4v) is 6.09. The predicted octanol–water partition coefficient (Wildman–Crippen LogP) is 12.6. The van der Waals surface area contributed by atoms with Crippen LogP contribution in [0.3, 0.4) is 0 Å². The highest BCUT2D eigenvalue weighted by atomic mass is 16.3. The SMILES string of the molecule is c1ccc(-c2ccc(N(c3ccc(-c4ccccc4)cc3)c3ccc(-c4cccc(-c5cc6ccccc6o5)c4)cc3)cc2)cc1. The van der Waals surface area contributed by atoms with Crippen molar-refractivity contribution in [3.63, 3.8) is 0 Å². The maximum Gasteiger partial charge on any atom is 0.135 e. The van der Waals surface area contributed by atoms with E-state index in [0.29, 0.717) is 0 Å². The van der Waals surface area contributed by atoms with E-state index in [-0.39, 0.29) is 0 Å². The lowest BCUT2D eigenvalue weighted by atomic mass is 10.0. The van der Waals surface area contributed by atoms with Gasteiger partial charge in [-0.15, -0.1) is 0 Å². The van der Waals surface area contributed by atoms with Gasteiger partial charge in [0.2, 0.25) is 0 Å². The van der Waals surface area contributed by atoms with Gasteiger partial charge in [-0.05, 0) is 88.0 Å². The maximum absolute atomic E-state index is 6.16. The molecule has 0 atom stereocenters. The summed E-state index contributed by atoms with van der Waals surface area (Å²) in [6, 6.07) is 66.3. The van der Waals surface area contributed by atoms with Gasteiger partial charge in [0.1, 0.15) is 11.3 Å². The Hall–Kier alpha value is -6.12. The standard InChI is InChI=1S/C44H31NO/c1-3-10-32(11-4-1)34-18-24-40(25-19-34)45(41-26-20-35(21-27-41)33-12-5-2-6-13-33)42-28-22-36(23-29-42)37-15-9-16-38(30-37)44-31-39-14-7-8-17-43(39)46-44/h1-31H. The molecule has 0 spiro atoms. The van der Waals surface area contributed by atoms with Gasteiger partial charge in [-0.3, -0.25) is 0 Å². The van der Waals surface area contributed by atoms with Crippen molar-refractivity contribution in [2.24, 2.45) is 0 Å². The average molecular weight is 590 g/mol. The Morgan fingerprint density at radius 1 is 0.304 bits per heavy atom. The maximum atomic E-state index is 6.16. The lowest BCUT2D eigenvalue weighted by Gasteiger charge is -2.26. The Morgan fingerprint density at radius 3 is 1.24 bits per heavy atom. The van der Waals surface area contributed by atoms with Crippen LogP contribution in [0.25, 0.3) is 55.7 Å². The summed E-state index contributed by atoms with van der Waals surface area (Å²) in [5.74, 6) is 0.878. The molecule has 218 valence electrons. The number of rotatable bonds is 7. The summed E-state index contributed by atoms with van der Waals surface area (Å²) in [6.07, 6.45) is 0. The highest BCUT2D eigenvalue weighted by Gasteiger charge is 2.14. The first-order chi connectivity index (χ1) is 22.8. The van der Waals surface area contributed by atoms with Crippen LogP contribution in [0.1, 0.15) is 0 Å². The number of hydrogen-bond donors (Lipinski definition) is 0. The fraction of sp³-hybridized carbons (Fsp3) is 0. The normalized spacial score (nSPS) is 11.0. The van der Waals surface area contributed by atoms with Crippen LogP contribution >= 0.6 is 0 Å². The lowest BCUT2D eigenvalue weighted by molar-refractivity contribution is 0.631. The third kappa shape index (κ3) is 5.49. The molecular formula is C44H31NO. The molecule has 0 amide bonds. The molecule has 0 bridgehead atoms. The van der Waals surface area contributed by atoms with Gasteiger partial charge in [0.15, 0.2) is 0 Å². The third-order valence-electron chi connectivity index (χ3n) is 8.50. The Kier molecular flexibility index (Phi) is 7.22. The van der Waals surface area contributed by atoms with Crippen LogP contribution in [0.15, 0.2) is 192 Å². The van der Waals surface area contributed by atoms with Crippen molar-refractivity contribution in [1.82, 2.24) is 0 Å². The minimum atomic E-state index is 0.878. The van der Waals surface area contributed by atoms with Gasteiger partial charge in [-0.1, -0.05) is 133 Å². The van der Waals surface area contributed by atoms with E-state index in [4.69, 9.17) is 4.42 Å². The summed E-state index contributed by atoms with van der Waals surface area (Å²) in [5, 5.41) is 1.11. The lowest BCUT2D eigenvalue weighted by Crippen LogP contribution is -2.09. The monoisotopic (exact) mass is 589 g/mol. The number of anilines is 3. The molecule has 8 aromatic rings. The number of para-hydroxylation sites is 1. The van der Waals surface area contributed by atoms with Crippen molar-refractivity contribution >= 4 is 28.0 Å². The number of nitrogens with zero attached hydrogens (tertiary/aromatic N) is 1. The first kappa shape index (κ1) is 27.4. The minimum absolute atomic E-state index is 0.878. The van der Waals surface area contributed by atoms with E-state index >= 15 is 0 Å².